The summed E-state index contributed by atoms with van der Waals surface area (Å²) in [5, 5.41) is 12.1. The van der Waals surface area contributed by atoms with Crippen LogP contribution in [0.15, 0.2) is 85.1 Å². The number of hydrogen-bond acceptors (Lipinski definition) is 3. The lowest BCUT2D eigenvalue weighted by molar-refractivity contribution is -0.384. The molecule has 0 bridgehead atoms. The van der Waals surface area contributed by atoms with Gasteiger partial charge in [-0.15, -0.1) is 0 Å². The number of rotatable bonds is 7. The quantitative estimate of drug-likeness (QED) is 0.336. The van der Waals surface area contributed by atoms with Crippen molar-refractivity contribution in [1.82, 2.24) is 4.98 Å². The van der Waals surface area contributed by atoms with Gasteiger partial charge in [-0.1, -0.05) is 54.6 Å². The number of amides is 1. The van der Waals surface area contributed by atoms with Gasteiger partial charge in [0.05, 0.1) is 10.6 Å². The van der Waals surface area contributed by atoms with Crippen LogP contribution in [0.4, 0.5) is 11.4 Å². The Kier molecular flexibility index (Phi) is 5.57. The van der Waals surface area contributed by atoms with E-state index in [0.717, 1.165) is 29.4 Å². The summed E-state index contributed by atoms with van der Waals surface area (Å²) in [5.41, 5.74) is 3.12. The van der Waals surface area contributed by atoms with Crippen molar-refractivity contribution < 1.29 is 9.72 Å². The summed E-state index contributed by atoms with van der Waals surface area (Å²) in [6, 6.07) is 23.8. The van der Waals surface area contributed by atoms with Gasteiger partial charge in [-0.2, -0.15) is 0 Å². The minimum Gasteiger partial charge on any atom is -0.359 e. The molecule has 150 valence electrons. The second-order valence-corrected chi connectivity index (χ2v) is 7.07. The van der Waals surface area contributed by atoms with E-state index in [-0.39, 0.29) is 11.6 Å². The molecule has 1 aromatic heterocycles. The van der Waals surface area contributed by atoms with Gasteiger partial charge in [-0.25, -0.2) is 0 Å². The molecule has 0 atom stereocenters. The number of anilines is 1. The third kappa shape index (κ3) is 4.07. The standard InChI is InChI=1S/C24H21N3O3/c28-24(19-11-6-12-20(16-19)27(29)30)26(15-7-10-18-8-2-1-3-9-18)23-17-25-22-14-5-4-13-21(22)23/h1-6,8-9,11-14,16-17,25H,7,10,15H2. The highest BCUT2D eigenvalue weighted by Gasteiger charge is 2.22. The molecule has 0 fully saturated rings. The van der Waals surface area contributed by atoms with Gasteiger partial charge in [0, 0.05) is 41.3 Å². The minimum atomic E-state index is -0.484. The van der Waals surface area contributed by atoms with E-state index in [4.69, 9.17) is 0 Å². The van der Waals surface area contributed by atoms with Crippen molar-refractivity contribution in [3.8, 4) is 0 Å². The van der Waals surface area contributed by atoms with Gasteiger partial charge in [0.2, 0.25) is 0 Å². The Hall–Kier alpha value is -3.93. The fourth-order valence-corrected chi connectivity index (χ4v) is 3.61. The summed E-state index contributed by atoms with van der Waals surface area (Å²) in [7, 11) is 0. The van der Waals surface area contributed by atoms with Crippen LogP contribution in [0.3, 0.4) is 0 Å². The maximum atomic E-state index is 13.4. The summed E-state index contributed by atoms with van der Waals surface area (Å²) in [6.07, 6.45) is 3.43. The van der Waals surface area contributed by atoms with E-state index in [1.165, 1.54) is 17.7 Å². The number of nitro benzene ring substituents is 1. The van der Waals surface area contributed by atoms with Crippen LogP contribution in [0.1, 0.15) is 22.3 Å². The van der Waals surface area contributed by atoms with Crippen LogP contribution in [-0.4, -0.2) is 22.4 Å². The highest BCUT2D eigenvalue weighted by molar-refractivity contribution is 6.10. The molecule has 0 saturated heterocycles. The van der Waals surface area contributed by atoms with E-state index in [2.05, 4.69) is 17.1 Å². The van der Waals surface area contributed by atoms with Crippen molar-refractivity contribution in [2.75, 3.05) is 11.4 Å². The summed E-state index contributed by atoms with van der Waals surface area (Å²) >= 11 is 0. The first-order valence-electron chi connectivity index (χ1n) is 9.80. The summed E-state index contributed by atoms with van der Waals surface area (Å²) in [6.45, 7) is 0.498. The molecule has 3 aromatic carbocycles. The van der Waals surface area contributed by atoms with E-state index >= 15 is 0 Å². The monoisotopic (exact) mass is 399 g/mol. The minimum absolute atomic E-state index is 0.0935. The van der Waals surface area contributed by atoms with Crippen LogP contribution in [-0.2, 0) is 6.42 Å². The van der Waals surface area contributed by atoms with Crippen molar-refractivity contribution in [3.63, 3.8) is 0 Å². The maximum absolute atomic E-state index is 13.4. The van der Waals surface area contributed by atoms with E-state index in [0.29, 0.717) is 12.1 Å². The predicted molar refractivity (Wildman–Crippen MR) is 118 cm³/mol. The molecule has 1 amide bonds. The summed E-state index contributed by atoms with van der Waals surface area (Å²) in [4.78, 5) is 29.0. The number of H-pyrrole nitrogens is 1. The molecule has 0 aliphatic heterocycles. The number of aryl methyl sites for hydroxylation is 1. The number of para-hydroxylation sites is 1. The molecular weight excluding hydrogens is 378 g/mol. The molecule has 1 heterocycles. The number of nitro groups is 1. The maximum Gasteiger partial charge on any atom is 0.270 e. The van der Waals surface area contributed by atoms with Crippen LogP contribution in [0.5, 0.6) is 0 Å². The molecule has 30 heavy (non-hydrogen) atoms. The molecule has 4 aromatic rings. The fourth-order valence-electron chi connectivity index (χ4n) is 3.61. The van der Waals surface area contributed by atoms with Gasteiger partial charge in [0.25, 0.3) is 11.6 Å². The number of aromatic nitrogens is 1. The van der Waals surface area contributed by atoms with Gasteiger partial charge in [-0.05, 0) is 30.5 Å². The number of non-ortho nitro benzene ring substituents is 1. The number of fused-ring (bicyclic) bond motifs is 1. The van der Waals surface area contributed by atoms with Gasteiger partial charge in [0.15, 0.2) is 0 Å². The van der Waals surface area contributed by atoms with Crippen LogP contribution < -0.4 is 4.90 Å². The molecule has 0 unspecified atom stereocenters. The Morgan fingerprint density at radius 2 is 1.73 bits per heavy atom. The zero-order valence-corrected chi connectivity index (χ0v) is 16.3. The molecule has 0 spiro atoms. The van der Waals surface area contributed by atoms with Gasteiger partial charge in [0.1, 0.15) is 0 Å². The van der Waals surface area contributed by atoms with Crippen LogP contribution in [0.2, 0.25) is 0 Å². The number of carbonyl (C=O) groups is 1. The van der Waals surface area contributed by atoms with E-state index < -0.39 is 4.92 Å². The van der Waals surface area contributed by atoms with Crippen molar-refractivity contribution >= 4 is 28.2 Å². The number of hydrogen-bond donors (Lipinski definition) is 1. The van der Waals surface area contributed by atoms with E-state index in [1.54, 1.807) is 17.0 Å². The van der Waals surface area contributed by atoms with Crippen molar-refractivity contribution in [2.24, 2.45) is 0 Å². The van der Waals surface area contributed by atoms with Crippen molar-refractivity contribution in [1.29, 1.82) is 0 Å². The second-order valence-electron chi connectivity index (χ2n) is 7.07. The average Bonchev–Trinajstić information content (AvgIpc) is 3.21. The largest absolute Gasteiger partial charge is 0.359 e. The normalized spacial score (nSPS) is 10.8. The number of aromatic amines is 1. The van der Waals surface area contributed by atoms with Gasteiger partial charge < -0.3 is 9.88 Å². The predicted octanol–water partition coefficient (Wildman–Crippen LogP) is 5.36. The smallest absolute Gasteiger partial charge is 0.270 e. The van der Waals surface area contributed by atoms with Crippen molar-refractivity contribution in [2.45, 2.75) is 12.8 Å². The van der Waals surface area contributed by atoms with Crippen LogP contribution >= 0.6 is 0 Å². The molecule has 6 nitrogen and oxygen atoms in total. The van der Waals surface area contributed by atoms with Crippen LogP contribution in [0.25, 0.3) is 10.9 Å². The molecule has 0 saturated carbocycles. The lowest BCUT2D eigenvalue weighted by Gasteiger charge is -2.22. The zero-order valence-electron chi connectivity index (χ0n) is 16.3. The SMILES string of the molecule is O=C(c1cccc([N+](=O)[O-])c1)N(CCCc1ccccc1)c1c[nH]c2ccccc12. The third-order valence-corrected chi connectivity index (χ3v) is 5.10. The number of benzene rings is 3. The Balaban J connectivity index is 1.65. The highest BCUT2D eigenvalue weighted by Crippen LogP contribution is 2.29. The second kappa shape index (κ2) is 8.61. The van der Waals surface area contributed by atoms with E-state index in [1.807, 2.05) is 48.7 Å². The third-order valence-electron chi connectivity index (χ3n) is 5.10. The summed E-state index contributed by atoms with van der Waals surface area (Å²) in [5.74, 6) is -0.253. The van der Waals surface area contributed by atoms with Gasteiger partial charge >= 0.3 is 0 Å². The summed E-state index contributed by atoms with van der Waals surface area (Å²) < 4.78 is 0. The lowest BCUT2D eigenvalue weighted by Crippen LogP contribution is -2.32. The average molecular weight is 399 g/mol. The fraction of sp³-hybridized carbons (Fsp3) is 0.125. The van der Waals surface area contributed by atoms with Crippen LogP contribution in [0, 0.1) is 10.1 Å². The topological polar surface area (TPSA) is 79.2 Å². The molecule has 0 aliphatic rings. The zero-order chi connectivity index (χ0) is 20.9. The number of nitrogens with one attached hydrogen (secondary N) is 1. The Morgan fingerprint density at radius 1 is 0.967 bits per heavy atom. The molecule has 0 radical (unpaired) electrons. The molecular formula is C24H21N3O3. The molecule has 4 rings (SSSR count). The number of carbonyl (C=O) groups excluding carboxylic acids is 1. The first-order valence-corrected chi connectivity index (χ1v) is 9.80. The first kappa shape index (κ1) is 19.4. The van der Waals surface area contributed by atoms with Crippen molar-refractivity contribution in [3.05, 3.63) is 106 Å². The molecule has 1 N–H and O–H groups in total. The Bertz CT molecular complexity index is 1180. The first-order chi connectivity index (χ1) is 14.6. The highest BCUT2D eigenvalue weighted by atomic mass is 16.6. The lowest BCUT2D eigenvalue weighted by atomic mass is 10.1. The van der Waals surface area contributed by atoms with Gasteiger partial charge in [-0.3, -0.25) is 14.9 Å². The molecule has 0 aliphatic carbocycles. The Morgan fingerprint density at radius 3 is 2.53 bits per heavy atom. The Labute approximate surface area is 173 Å². The van der Waals surface area contributed by atoms with E-state index in [9.17, 15) is 14.9 Å². The molecule has 6 heteroatoms. The number of nitrogens with zero attached hydrogens (tertiary/aromatic N) is 2.